The Labute approximate surface area is 160 Å². The third-order valence-electron chi connectivity index (χ3n) is 5.55. The Morgan fingerprint density at radius 1 is 1.00 bits per heavy atom. The minimum atomic E-state index is -1.15. The van der Waals surface area contributed by atoms with Crippen LogP contribution in [0.4, 0.5) is 0 Å². The Morgan fingerprint density at radius 2 is 1.71 bits per heavy atom. The number of nitrogens with zero attached hydrogens (tertiary/aromatic N) is 1. The quantitative estimate of drug-likeness (QED) is 0.506. The van der Waals surface area contributed by atoms with Gasteiger partial charge in [0.05, 0.1) is 5.70 Å². The number of fused-ring (bicyclic) bond motifs is 1. The summed E-state index contributed by atoms with van der Waals surface area (Å²) in [5.74, 6) is 0. The molecule has 2 bridgehead atoms. The van der Waals surface area contributed by atoms with Crippen molar-refractivity contribution in [3.63, 3.8) is 0 Å². The van der Waals surface area contributed by atoms with Crippen LogP contribution in [0.15, 0.2) is 68.1 Å². The molecule has 0 N–H and O–H groups in total. The van der Waals surface area contributed by atoms with Crippen LogP contribution in [-0.4, -0.2) is 13.8 Å². The first-order chi connectivity index (χ1) is 11.3. The van der Waals surface area contributed by atoms with E-state index >= 15 is 0 Å². The SMILES string of the molecule is CC1=Cc2ccccc2[CH]1[Zr].CC1=NC2=C3C(C)=C(C2=C1)[Si]3(C)C. The van der Waals surface area contributed by atoms with Crippen molar-refractivity contribution in [2.75, 3.05) is 0 Å². The minimum absolute atomic E-state index is 0.721. The van der Waals surface area contributed by atoms with Crippen molar-refractivity contribution in [2.45, 2.75) is 37.5 Å². The van der Waals surface area contributed by atoms with Crippen molar-refractivity contribution < 1.29 is 24.7 Å². The molecule has 3 heteroatoms. The van der Waals surface area contributed by atoms with Gasteiger partial charge in [-0.1, -0.05) is 13.1 Å². The monoisotopic (exact) mass is 406 g/mol. The van der Waals surface area contributed by atoms with Crippen LogP contribution >= 0.6 is 0 Å². The molecule has 0 aromatic heterocycles. The van der Waals surface area contributed by atoms with Crippen LogP contribution < -0.4 is 0 Å². The maximum Gasteiger partial charge on any atom is 0.116 e. The van der Waals surface area contributed by atoms with Crippen molar-refractivity contribution in [1.82, 2.24) is 0 Å². The fourth-order valence-corrected chi connectivity index (χ4v) is 9.23. The maximum atomic E-state index is 4.62. The molecule has 3 aliphatic heterocycles. The van der Waals surface area contributed by atoms with Crippen LogP contribution in [-0.2, 0) is 24.7 Å². The molecule has 0 amide bonds. The average Bonchev–Trinajstić information content (AvgIpc) is 3.15. The topological polar surface area (TPSA) is 12.4 Å². The summed E-state index contributed by atoms with van der Waals surface area (Å²) in [6.45, 7) is 11.4. The molecule has 0 saturated carbocycles. The van der Waals surface area contributed by atoms with Gasteiger partial charge in [-0.25, -0.2) is 0 Å². The van der Waals surface area contributed by atoms with Crippen LogP contribution in [0.1, 0.15) is 35.5 Å². The molecule has 1 aromatic carbocycles. The molecule has 0 radical (unpaired) electrons. The van der Waals surface area contributed by atoms with Crippen molar-refractivity contribution >= 4 is 19.9 Å². The van der Waals surface area contributed by atoms with Crippen LogP contribution in [0.5, 0.6) is 0 Å². The van der Waals surface area contributed by atoms with E-state index in [-0.39, 0.29) is 0 Å². The van der Waals surface area contributed by atoms with Crippen molar-refractivity contribution in [2.24, 2.45) is 4.99 Å². The smallest absolute Gasteiger partial charge is 0.116 e. The van der Waals surface area contributed by atoms with Gasteiger partial charge in [0.2, 0.25) is 0 Å². The van der Waals surface area contributed by atoms with Crippen molar-refractivity contribution in [3.8, 4) is 0 Å². The first-order valence-corrected chi connectivity index (χ1v) is 13.0. The molecule has 3 heterocycles. The number of aliphatic imine (C=N–C) groups is 1. The first kappa shape index (κ1) is 16.4. The number of benzene rings is 1. The zero-order valence-electron chi connectivity index (χ0n) is 15.0. The molecule has 0 saturated heterocycles. The zero-order valence-corrected chi connectivity index (χ0v) is 18.4. The third kappa shape index (κ3) is 2.17. The van der Waals surface area contributed by atoms with E-state index in [0.717, 1.165) is 3.63 Å². The standard InChI is InChI=1S/C11H13NSi.C10H9.Zr/c1-6-5-8-9(12-6)11-7(2)10(8)13(11,3)4;1-8-6-9-4-2-3-5-10(9)7-8;/h5H,1-4H3;2-7H,1H3;. The van der Waals surface area contributed by atoms with E-state index < -0.39 is 8.07 Å². The van der Waals surface area contributed by atoms with E-state index in [1.54, 1.807) is 35.1 Å². The van der Waals surface area contributed by atoms with Gasteiger partial charge in [0.15, 0.2) is 0 Å². The molecule has 0 fully saturated rings. The molecule has 6 rings (SSSR count). The summed E-state index contributed by atoms with van der Waals surface area (Å²) in [6, 6.07) is 8.67. The second kappa shape index (κ2) is 5.47. The number of hydrogen-bond donors (Lipinski definition) is 0. The summed E-state index contributed by atoms with van der Waals surface area (Å²) in [5.41, 5.74) is 9.95. The van der Waals surface area contributed by atoms with Gasteiger partial charge in [0.25, 0.3) is 0 Å². The van der Waals surface area contributed by atoms with Gasteiger partial charge in [-0.15, -0.1) is 0 Å². The molecular weight excluding hydrogens is 386 g/mol. The van der Waals surface area contributed by atoms with Gasteiger partial charge in [-0.3, -0.25) is 4.99 Å². The Balaban J connectivity index is 0.000000123. The predicted octanol–water partition coefficient (Wildman–Crippen LogP) is 5.46. The first-order valence-electron chi connectivity index (χ1n) is 8.55. The van der Waals surface area contributed by atoms with Gasteiger partial charge < -0.3 is 0 Å². The van der Waals surface area contributed by atoms with Gasteiger partial charge in [0, 0.05) is 11.3 Å². The molecule has 24 heavy (non-hydrogen) atoms. The molecule has 1 unspecified atom stereocenters. The second-order valence-electron chi connectivity index (χ2n) is 7.61. The van der Waals surface area contributed by atoms with Crippen molar-refractivity contribution in [3.05, 3.63) is 74.3 Å². The molecule has 119 valence electrons. The predicted molar refractivity (Wildman–Crippen MR) is 101 cm³/mol. The number of rotatable bonds is 0. The van der Waals surface area contributed by atoms with Gasteiger partial charge in [-0.2, -0.15) is 0 Å². The van der Waals surface area contributed by atoms with Crippen LogP contribution in [0.3, 0.4) is 0 Å². The Morgan fingerprint density at radius 3 is 2.33 bits per heavy atom. The fraction of sp³-hybridized carbons (Fsp3) is 0.286. The Kier molecular flexibility index (Phi) is 3.75. The molecule has 5 aliphatic rings. The van der Waals surface area contributed by atoms with E-state index in [1.807, 2.05) is 0 Å². The number of allylic oxidation sites excluding steroid dienone is 5. The third-order valence-corrected chi connectivity index (χ3v) is 11.2. The summed E-state index contributed by atoms with van der Waals surface area (Å²) < 4.78 is 0.721. The minimum Gasteiger partial charge on any atom is -0.253 e. The second-order valence-corrected chi connectivity index (χ2v) is 13.3. The molecule has 1 atom stereocenters. The van der Waals surface area contributed by atoms with Gasteiger partial charge in [0.1, 0.15) is 8.07 Å². The summed E-state index contributed by atoms with van der Waals surface area (Å²) in [4.78, 5) is 4.62. The summed E-state index contributed by atoms with van der Waals surface area (Å²) in [6.07, 6.45) is 4.55. The molecule has 0 spiro atoms. The largest absolute Gasteiger partial charge is 0.253 e. The summed E-state index contributed by atoms with van der Waals surface area (Å²) in [7, 11) is -1.15. The normalized spacial score (nSPS) is 24.5. The van der Waals surface area contributed by atoms with E-state index in [1.165, 1.54) is 39.3 Å². The maximum absolute atomic E-state index is 4.62. The molecule has 2 aliphatic carbocycles. The molecular formula is C21H22NSiZr. The van der Waals surface area contributed by atoms with Crippen LogP contribution in [0.2, 0.25) is 13.1 Å². The van der Waals surface area contributed by atoms with E-state index in [4.69, 9.17) is 0 Å². The Bertz CT molecular complexity index is 925. The fourth-order valence-electron chi connectivity index (χ4n) is 4.54. The molecule has 1 aromatic rings. The summed E-state index contributed by atoms with van der Waals surface area (Å²) >= 11 is 1.60. The average molecular weight is 408 g/mol. The molecule has 1 nitrogen and oxygen atoms in total. The summed E-state index contributed by atoms with van der Waals surface area (Å²) in [5, 5.41) is 3.28. The van der Waals surface area contributed by atoms with E-state index in [0.29, 0.717) is 0 Å². The van der Waals surface area contributed by atoms with Crippen LogP contribution in [0, 0.1) is 0 Å². The van der Waals surface area contributed by atoms with Crippen LogP contribution in [0.25, 0.3) is 6.08 Å². The Hall–Kier alpha value is -1.05. The zero-order chi connectivity index (χ0) is 17.2. The van der Waals surface area contributed by atoms with Crippen molar-refractivity contribution in [1.29, 1.82) is 0 Å². The van der Waals surface area contributed by atoms with E-state index in [2.05, 4.69) is 75.3 Å². The number of hydrogen-bond acceptors (Lipinski definition) is 1. The van der Waals surface area contributed by atoms with Gasteiger partial charge >= 0.3 is 82.3 Å². The van der Waals surface area contributed by atoms with E-state index in [9.17, 15) is 0 Å². The van der Waals surface area contributed by atoms with Gasteiger partial charge in [-0.05, 0) is 35.9 Å².